The van der Waals surface area contributed by atoms with Gasteiger partial charge in [0.05, 0.1) is 16.8 Å². The fraction of sp³-hybridized carbons (Fsp3) is 0.0741. The van der Waals surface area contributed by atoms with Gasteiger partial charge in [-0.25, -0.2) is 0 Å². The van der Waals surface area contributed by atoms with Crippen molar-refractivity contribution < 1.29 is 14.4 Å². The summed E-state index contributed by atoms with van der Waals surface area (Å²) in [6, 6.07) is 25.1. The second-order valence-corrected chi connectivity index (χ2v) is 7.48. The lowest BCUT2D eigenvalue weighted by molar-refractivity contribution is 0.0959. The van der Waals surface area contributed by atoms with Crippen LogP contribution < -0.4 is 0 Å². The van der Waals surface area contributed by atoms with Crippen LogP contribution in [0.25, 0.3) is 11.3 Å². The summed E-state index contributed by atoms with van der Waals surface area (Å²) in [5.41, 5.74) is 3.69. The Labute approximate surface area is 179 Å². The molecule has 0 saturated carbocycles. The molecule has 1 aliphatic carbocycles. The van der Waals surface area contributed by atoms with Gasteiger partial charge in [-0.05, 0) is 24.1 Å². The Bertz CT molecular complexity index is 1350. The van der Waals surface area contributed by atoms with Gasteiger partial charge in [-0.1, -0.05) is 79.7 Å². The lowest BCUT2D eigenvalue weighted by Gasteiger charge is -2.16. The Balaban J connectivity index is 1.89. The van der Waals surface area contributed by atoms with Crippen LogP contribution in [0.15, 0.2) is 84.9 Å². The van der Waals surface area contributed by atoms with Gasteiger partial charge in [0.2, 0.25) is 0 Å². The highest BCUT2D eigenvalue weighted by Gasteiger charge is 2.39. The summed E-state index contributed by atoms with van der Waals surface area (Å²) in [7, 11) is 0. The van der Waals surface area contributed by atoms with E-state index in [1.807, 2.05) is 43.3 Å². The number of carbonyl (C=O) groups excluding carboxylic acids is 3. The molecule has 4 aromatic rings. The zero-order chi connectivity index (χ0) is 21.5. The first-order valence-corrected chi connectivity index (χ1v) is 10.2. The van der Waals surface area contributed by atoms with Crippen LogP contribution >= 0.6 is 0 Å². The monoisotopic (exact) mass is 405 g/mol. The van der Waals surface area contributed by atoms with E-state index < -0.39 is 0 Å². The summed E-state index contributed by atoms with van der Waals surface area (Å²) in [6.07, 6.45) is 0.439. The number of nitrogens with zero attached hydrogens (tertiary/aromatic N) is 1. The van der Waals surface area contributed by atoms with Crippen LogP contribution in [0.2, 0.25) is 0 Å². The van der Waals surface area contributed by atoms with E-state index in [4.69, 9.17) is 0 Å². The molecule has 0 N–H and O–H groups in total. The number of ketones is 2. The SMILES string of the molecule is CCc1c2c(c(-c3ccccc3)n1C(=O)c1ccccc1)C(=O)c1ccccc1C2=O. The lowest BCUT2D eigenvalue weighted by atomic mass is 9.83. The standard InChI is InChI=1S/C27H19NO3/c1-2-21-22-23(26(30)20-16-10-9-15-19(20)25(22)29)24(17-11-5-3-6-12-17)28(21)27(31)18-13-7-4-8-14-18/h3-16H,2H2,1H3. The molecule has 150 valence electrons. The maximum absolute atomic E-state index is 13.7. The predicted octanol–water partition coefficient (Wildman–Crippen LogP) is 5.18. The van der Waals surface area contributed by atoms with Crippen molar-refractivity contribution in [2.75, 3.05) is 0 Å². The molecule has 0 fully saturated rings. The quantitative estimate of drug-likeness (QED) is 0.415. The highest BCUT2D eigenvalue weighted by atomic mass is 16.2. The molecular formula is C27H19NO3. The molecule has 4 heteroatoms. The molecule has 5 rings (SSSR count). The minimum Gasteiger partial charge on any atom is -0.288 e. The van der Waals surface area contributed by atoms with E-state index >= 15 is 0 Å². The van der Waals surface area contributed by atoms with E-state index in [0.29, 0.717) is 45.6 Å². The zero-order valence-corrected chi connectivity index (χ0v) is 17.0. The second-order valence-electron chi connectivity index (χ2n) is 7.48. The molecule has 0 spiro atoms. The first kappa shape index (κ1) is 18.9. The summed E-state index contributed by atoms with van der Waals surface area (Å²) < 4.78 is 1.57. The molecular weight excluding hydrogens is 386 g/mol. The first-order chi connectivity index (χ1) is 15.1. The van der Waals surface area contributed by atoms with Gasteiger partial charge in [-0.15, -0.1) is 0 Å². The molecule has 0 amide bonds. The lowest BCUT2D eigenvalue weighted by Crippen LogP contribution is -2.20. The van der Waals surface area contributed by atoms with Crippen LogP contribution in [0, 0.1) is 0 Å². The molecule has 1 heterocycles. The minimum absolute atomic E-state index is 0.209. The van der Waals surface area contributed by atoms with E-state index in [1.165, 1.54) is 0 Å². The van der Waals surface area contributed by atoms with Crippen molar-refractivity contribution in [3.8, 4) is 11.3 Å². The number of carbonyl (C=O) groups is 3. The van der Waals surface area contributed by atoms with Crippen molar-refractivity contribution in [3.05, 3.63) is 118 Å². The molecule has 1 aromatic heterocycles. The number of rotatable bonds is 3. The normalized spacial score (nSPS) is 12.4. The smallest absolute Gasteiger partial charge is 0.262 e. The third-order valence-electron chi connectivity index (χ3n) is 5.75. The molecule has 0 radical (unpaired) electrons. The summed E-state index contributed by atoms with van der Waals surface area (Å²) in [6.45, 7) is 1.90. The van der Waals surface area contributed by atoms with Gasteiger partial charge in [0, 0.05) is 22.4 Å². The van der Waals surface area contributed by atoms with Crippen LogP contribution in [0.5, 0.6) is 0 Å². The van der Waals surface area contributed by atoms with Crippen LogP contribution in [-0.4, -0.2) is 22.0 Å². The highest BCUT2D eigenvalue weighted by molar-refractivity contribution is 6.31. The number of fused-ring (bicyclic) bond motifs is 2. The van der Waals surface area contributed by atoms with Gasteiger partial charge >= 0.3 is 0 Å². The highest BCUT2D eigenvalue weighted by Crippen LogP contribution is 2.39. The summed E-state index contributed by atoms with van der Waals surface area (Å²) in [4.78, 5) is 40.8. The van der Waals surface area contributed by atoms with Gasteiger partial charge in [0.1, 0.15) is 0 Å². The minimum atomic E-state index is -0.254. The number of aromatic nitrogens is 1. The Morgan fingerprint density at radius 1 is 0.710 bits per heavy atom. The zero-order valence-electron chi connectivity index (χ0n) is 17.0. The molecule has 0 atom stereocenters. The van der Waals surface area contributed by atoms with E-state index in [2.05, 4.69) is 0 Å². The Morgan fingerprint density at radius 2 is 1.23 bits per heavy atom. The molecule has 31 heavy (non-hydrogen) atoms. The van der Waals surface area contributed by atoms with Gasteiger partial charge in [-0.3, -0.25) is 19.0 Å². The molecule has 3 aromatic carbocycles. The van der Waals surface area contributed by atoms with Crippen molar-refractivity contribution >= 4 is 17.5 Å². The molecule has 1 aliphatic rings. The van der Waals surface area contributed by atoms with Crippen molar-refractivity contribution in [3.63, 3.8) is 0 Å². The van der Waals surface area contributed by atoms with Crippen LogP contribution in [0.4, 0.5) is 0 Å². The van der Waals surface area contributed by atoms with E-state index in [-0.39, 0.29) is 17.5 Å². The van der Waals surface area contributed by atoms with E-state index in [1.54, 1.807) is 53.1 Å². The molecule has 0 unspecified atom stereocenters. The van der Waals surface area contributed by atoms with Crippen molar-refractivity contribution in [2.45, 2.75) is 13.3 Å². The van der Waals surface area contributed by atoms with Crippen LogP contribution in [0.1, 0.15) is 54.8 Å². The Morgan fingerprint density at radius 3 is 1.81 bits per heavy atom. The number of hydrogen-bond acceptors (Lipinski definition) is 3. The summed E-state index contributed by atoms with van der Waals surface area (Å²) in [5.74, 6) is -0.687. The maximum atomic E-state index is 13.7. The van der Waals surface area contributed by atoms with Crippen LogP contribution in [0.3, 0.4) is 0 Å². The number of benzene rings is 3. The Hall–Kier alpha value is -4.05. The molecule has 4 nitrogen and oxygen atoms in total. The third-order valence-corrected chi connectivity index (χ3v) is 5.75. The first-order valence-electron chi connectivity index (χ1n) is 10.2. The summed E-state index contributed by atoms with van der Waals surface area (Å²) >= 11 is 0. The fourth-order valence-electron chi connectivity index (χ4n) is 4.37. The second kappa shape index (κ2) is 7.33. The van der Waals surface area contributed by atoms with Crippen LogP contribution in [-0.2, 0) is 6.42 Å². The molecule has 0 saturated heterocycles. The average molecular weight is 405 g/mol. The maximum Gasteiger partial charge on any atom is 0.262 e. The Kier molecular flexibility index (Phi) is 4.48. The topological polar surface area (TPSA) is 56.1 Å². The van der Waals surface area contributed by atoms with Gasteiger partial charge in [0.15, 0.2) is 11.6 Å². The van der Waals surface area contributed by atoms with Gasteiger partial charge in [0.25, 0.3) is 5.91 Å². The van der Waals surface area contributed by atoms with E-state index in [0.717, 1.165) is 5.56 Å². The van der Waals surface area contributed by atoms with Crippen molar-refractivity contribution in [2.24, 2.45) is 0 Å². The average Bonchev–Trinajstić information content (AvgIpc) is 3.19. The third kappa shape index (κ3) is 2.80. The fourth-order valence-corrected chi connectivity index (χ4v) is 4.37. The molecule has 0 bridgehead atoms. The largest absolute Gasteiger partial charge is 0.288 e. The number of hydrogen-bond donors (Lipinski definition) is 0. The van der Waals surface area contributed by atoms with Gasteiger partial charge in [-0.2, -0.15) is 0 Å². The van der Waals surface area contributed by atoms with Crippen molar-refractivity contribution in [1.82, 2.24) is 4.57 Å². The molecule has 0 aliphatic heterocycles. The van der Waals surface area contributed by atoms with Crippen molar-refractivity contribution in [1.29, 1.82) is 0 Å². The van der Waals surface area contributed by atoms with E-state index in [9.17, 15) is 14.4 Å². The summed E-state index contributed by atoms with van der Waals surface area (Å²) in [5, 5.41) is 0. The predicted molar refractivity (Wildman–Crippen MR) is 119 cm³/mol. The van der Waals surface area contributed by atoms with Gasteiger partial charge < -0.3 is 0 Å².